The Morgan fingerprint density at radius 2 is 1.88 bits per heavy atom. The number of benzene rings is 2. The topological polar surface area (TPSA) is 118 Å². The van der Waals surface area contributed by atoms with Gasteiger partial charge in [-0.05, 0) is 38.1 Å². The average Bonchev–Trinajstić information content (AvgIpc) is 3.26. The first-order valence-electron chi connectivity index (χ1n) is 13.8. The Kier molecular flexibility index (Phi) is 6.94. The third-order valence-electron chi connectivity index (χ3n) is 7.63. The Labute approximate surface area is 236 Å². The van der Waals surface area contributed by atoms with E-state index in [9.17, 15) is 14.0 Å². The summed E-state index contributed by atoms with van der Waals surface area (Å²) < 4.78 is 22.1. The van der Waals surface area contributed by atoms with Crippen LogP contribution < -0.4 is 20.3 Å². The Morgan fingerprint density at radius 1 is 1.12 bits per heavy atom. The second-order valence-electron chi connectivity index (χ2n) is 11.2. The molecule has 2 fully saturated rings. The molecule has 0 aliphatic carbocycles. The van der Waals surface area contributed by atoms with Gasteiger partial charge in [-0.2, -0.15) is 10.1 Å². The molecule has 0 spiro atoms. The molecule has 4 aromatic rings. The predicted molar refractivity (Wildman–Crippen MR) is 154 cm³/mol. The van der Waals surface area contributed by atoms with Crippen molar-refractivity contribution >= 4 is 45.0 Å². The molecular formula is C29H33FN8O3. The first kappa shape index (κ1) is 26.9. The van der Waals surface area contributed by atoms with Crippen LogP contribution in [0.4, 0.5) is 15.8 Å². The number of aromatic nitrogens is 4. The molecule has 2 amide bonds. The summed E-state index contributed by atoms with van der Waals surface area (Å²) in [6.07, 6.45) is 3.40. The Hall–Kier alpha value is -4.32. The number of amides is 2. The molecule has 2 aromatic carbocycles. The highest BCUT2D eigenvalue weighted by Gasteiger charge is 2.30. The van der Waals surface area contributed by atoms with Crippen molar-refractivity contribution in [1.82, 2.24) is 30.0 Å². The van der Waals surface area contributed by atoms with Crippen LogP contribution in [0.2, 0.25) is 0 Å². The van der Waals surface area contributed by atoms with Crippen LogP contribution in [0.3, 0.4) is 0 Å². The third-order valence-corrected chi connectivity index (χ3v) is 7.63. The van der Waals surface area contributed by atoms with E-state index in [1.54, 1.807) is 43.4 Å². The van der Waals surface area contributed by atoms with Crippen molar-refractivity contribution < 1.29 is 18.7 Å². The molecule has 0 bridgehead atoms. The monoisotopic (exact) mass is 560 g/mol. The highest BCUT2D eigenvalue weighted by molar-refractivity contribution is 6.14. The zero-order valence-corrected chi connectivity index (χ0v) is 23.5. The van der Waals surface area contributed by atoms with Gasteiger partial charge in [-0.25, -0.2) is 9.37 Å². The highest BCUT2D eigenvalue weighted by Crippen LogP contribution is 2.32. The lowest BCUT2D eigenvalue weighted by atomic mass is 10.0. The minimum absolute atomic E-state index is 0.0468. The number of anilines is 2. The van der Waals surface area contributed by atoms with Gasteiger partial charge in [-0.15, -0.1) is 0 Å². The van der Waals surface area contributed by atoms with E-state index in [1.807, 2.05) is 6.07 Å². The lowest BCUT2D eigenvalue weighted by Crippen LogP contribution is -2.54. The number of hydrogen-bond donors (Lipinski definition) is 2. The molecule has 2 aromatic heterocycles. The molecule has 2 saturated heterocycles. The quantitative estimate of drug-likeness (QED) is 0.370. The summed E-state index contributed by atoms with van der Waals surface area (Å²) in [7, 11) is 1.72. The van der Waals surface area contributed by atoms with Gasteiger partial charge in [0.25, 0.3) is 5.91 Å². The van der Waals surface area contributed by atoms with E-state index in [1.165, 1.54) is 10.7 Å². The largest absolute Gasteiger partial charge is 0.463 e. The number of fused-ring (bicyclic) bond motifs is 2. The van der Waals surface area contributed by atoms with Gasteiger partial charge in [0.2, 0.25) is 5.91 Å². The number of carbonyl (C=O) groups is 2. The Bertz CT molecular complexity index is 1640. The van der Waals surface area contributed by atoms with Gasteiger partial charge in [0.1, 0.15) is 5.52 Å². The highest BCUT2D eigenvalue weighted by atomic mass is 19.1. The van der Waals surface area contributed by atoms with E-state index in [2.05, 4.69) is 44.4 Å². The molecule has 41 heavy (non-hydrogen) atoms. The van der Waals surface area contributed by atoms with Crippen LogP contribution in [0.5, 0.6) is 6.01 Å². The van der Waals surface area contributed by atoms with E-state index >= 15 is 0 Å². The molecule has 11 nitrogen and oxygen atoms in total. The molecular weight excluding hydrogens is 527 g/mol. The van der Waals surface area contributed by atoms with Crippen LogP contribution in [0.1, 0.15) is 31.1 Å². The van der Waals surface area contributed by atoms with Crippen LogP contribution in [-0.2, 0) is 11.8 Å². The predicted octanol–water partition coefficient (Wildman–Crippen LogP) is 2.95. The molecule has 2 aliphatic rings. The van der Waals surface area contributed by atoms with Crippen molar-refractivity contribution in [2.24, 2.45) is 13.0 Å². The first-order chi connectivity index (χ1) is 19.6. The van der Waals surface area contributed by atoms with Gasteiger partial charge in [0.15, 0.2) is 5.82 Å². The lowest BCUT2D eigenvalue weighted by molar-refractivity contribution is -0.135. The molecule has 0 radical (unpaired) electrons. The first-order valence-corrected chi connectivity index (χ1v) is 13.8. The number of nitrogens with one attached hydrogen (secondary N) is 2. The standard InChI is InChI=1S/C29H33FN8O3/c1-16-10-38(11-17(2)32-16)25-6-5-22(28(40)33-21-7-20-14-36(4)35-26(20)24(30)8-21)27-23(25)9-31-29(34-27)41-15-19-12-37(13-19)18(3)39/h5-9,14,16-17,19,32H,10-13,15H2,1-4H3,(H,33,40)/t16-,17+. The molecule has 2 atom stereocenters. The molecule has 12 heteroatoms. The molecule has 2 aliphatic heterocycles. The van der Waals surface area contributed by atoms with E-state index in [0.29, 0.717) is 41.9 Å². The van der Waals surface area contributed by atoms with E-state index in [0.717, 1.165) is 24.2 Å². The average molecular weight is 561 g/mol. The molecule has 0 saturated carbocycles. The minimum Gasteiger partial charge on any atom is -0.463 e. The van der Waals surface area contributed by atoms with Crippen molar-refractivity contribution in [3.63, 3.8) is 0 Å². The van der Waals surface area contributed by atoms with E-state index in [-0.39, 0.29) is 35.4 Å². The fourth-order valence-corrected chi connectivity index (χ4v) is 5.75. The summed E-state index contributed by atoms with van der Waals surface area (Å²) in [6.45, 7) is 9.06. The molecule has 6 rings (SSSR count). The number of ether oxygens (including phenoxy) is 1. The van der Waals surface area contributed by atoms with E-state index < -0.39 is 11.7 Å². The Morgan fingerprint density at radius 3 is 2.61 bits per heavy atom. The Balaban J connectivity index is 1.32. The number of rotatable bonds is 6. The number of piperazine rings is 1. The second kappa shape index (κ2) is 10.6. The van der Waals surface area contributed by atoms with Crippen molar-refractivity contribution in [2.45, 2.75) is 32.9 Å². The normalized spacial score (nSPS) is 19.4. The van der Waals surface area contributed by atoms with Gasteiger partial charge in [-0.1, -0.05) is 0 Å². The van der Waals surface area contributed by atoms with Crippen LogP contribution in [0.15, 0.2) is 36.7 Å². The number of carbonyl (C=O) groups excluding carboxylic acids is 2. The SMILES string of the molecule is CC(=O)N1CC(COc2ncc3c(N4C[C@@H](C)N[C@@H](C)C4)ccc(C(=O)Nc4cc(F)c5nn(C)cc5c4)c3n2)C1. The number of aryl methyl sites for hydroxylation is 1. The minimum atomic E-state index is -0.516. The zero-order chi connectivity index (χ0) is 28.8. The van der Waals surface area contributed by atoms with E-state index in [4.69, 9.17) is 4.74 Å². The maximum Gasteiger partial charge on any atom is 0.316 e. The third kappa shape index (κ3) is 5.39. The van der Waals surface area contributed by atoms with Crippen LogP contribution in [0.25, 0.3) is 21.8 Å². The fourth-order valence-electron chi connectivity index (χ4n) is 5.75. The second-order valence-corrected chi connectivity index (χ2v) is 11.2. The summed E-state index contributed by atoms with van der Waals surface area (Å²) >= 11 is 0. The zero-order valence-electron chi connectivity index (χ0n) is 23.5. The van der Waals surface area contributed by atoms with Crippen molar-refractivity contribution in [3.05, 3.63) is 48.0 Å². The number of halogens is 1. The molecule has 214 valence electrons. The van der Waals surface area contributed by atoms with Crippen molar-refractivity contribution in [2.75, 3.05) is 43.0 Å². The van der Waals surface area contributed by atoms with Crippen LogP contribution in [0, 0.1) is 11.7 Å². The van der Waals surface area contributed by atoms with Gasteiger partial charge in [-0.3, -0.25) is 14.3 Å². The van der Waals surface area contributed by atoms with Crippen molar-refractivity contribution in [1.29, 1.82) is 0 Å². The number of hydrogen-bond acceptors (Lipinski definition) is 8. The van der Waals surface area contributed by atoms with Gasteiger partial charge >= 0.3 is 6.01 Å². The summed E-state index contributed by atoms with van der Waals surface area (Å²) in [4.78, 5) is 38.3. The summed E-state index contributed by atoms with van der Waals surface area (Å²) in [6, 6.07) is 7.35. The number of likely N-dealkylation sites (tertiary alicyclic amines) is 1. The maximum absolute atomic E-state index is 14.7. The molecule has 4 heterocycles. The molecule has 0 unspecified atom stereocenters. The molecule has 2 N–H and O–H groups in total. The van der Waals surface area contributed by atoms with Crippen LogP contribution >= 0.6 is 0 Å². The summed E-state index contributed by atoms with van der Waals surface area (Å²) in [5, 5.41) is 11.8. The maximum atomic E-state index is 14.7. The van der Waals surface area contributed by atoms with Crippen molar-refractivity contribution in [3.8, 4) is 6.01 Å². The smallest absolute Gasteiger partial charge is 0.316 e. The van der Waals surface area contributed by atoms with Gasteiger partial charge < -0.3 is 25.2 Å². The summed E-state index contributed by atoms with van der Waals surface area (Å²) in [5.74, 6) is -0.691. The number of nitrogens with zero attached hydrogens (tertiary/aromatic N) is 6. The van der Waals surface area contributed by atoms with Gasteiger partial charge in [0.05, 0.1) is 17.7 Å². The summed E-state index contributed by atoms with van der Waals surface area (Å²) in [5.41, 5.74) is 2.27. The van der Waals surface area contributed by atoms with Gasteiger partial charge in [0, 0.05) is 92.7 Å². The fraction of sp³-hybridized carbons (Fsp3) is 0.414. The van der Waals surface area contributed by atoms with Crippen LogP contribution in [-0.4, -0.2) is 81.3 Å². The lowest BCUT2D eigenvalue weighted by Gasteiger charge is -2.38.